The molecule has 1 atom stereocenters. The van der Waals surface area contributed by atoms with E-state index in [1.165, 1.54) is 17.0 Å². The van der Waals surface area contributed by atoms with Crippen molar-refractivity contribution in [1.82, 2.24) is 10.2 Å². The molecule has 10 heteroatoms. The summed E-state index contributed by atoms with van der Waals surface area (Å²) in [5.41, 5.74) is 2.76. The van der Waals surface area contributed by atoms with Gasteiger partial charge in [0.25, 0.3) is 10.0 Å². The van der Waals surface area contributed by atoms with Crippen LogP contribution in [0.5, 0.6) is 0 Å². The zero-order chi connectivity index (χ0) is 29.6. The summed E-state index contributed by atoms with van der Waals surface area (Å²) >= 11 is 12.5. The van der Waals surface area contributed by atoms with E-state index >= 15 is 0 Å². The Morgan fingerprint density at radius 1 is 0.875 bits per heavy atom. The van der Waals surface area contributed by atoms with Crippen LogP contribution < -0.4 is 9.62 Å². The van der Waals surface area contributed by atoms with Gasteiger partial charge in [-0.15, -0.1) is 0 Å². The van der Waals surface area contributed by atoms with Crippen molar-refractivity contribution in [3.8, 4) is 0 Å². The fourth-order valence-electron chi connectivity index (χ4n) is 3.95. The molecule has 0 heterocycles. The summed E-state index contributed by atoms with van der Waals surface area (Å²) in [6.45, 7) is 9.20. The molecule has 0 spiro atoms. The number of nitrogens with one attached hydrogen (secondary N) is 1. The number of hydrogen-bond acceptors (Lipinski definition) is 4. The summed E-state index contributed by atoms with van der Waals surface area (Å²) in [5, 5.41) is 3.63. The Morgan fingerprint density at radius 2 is 1.45 bits per heavy atom. The van der Waals surface area contributed by atoms with E-state index in [2.05, 4.69) is 5.32 Å². The molecule has 0 aliphatic rings. The summed E-state index contributed by atoms with van der Waals surface area (Å²) < 4.78 is 28.8. The van der Waals surface area contributed by atoms with Gasteiger partial charge in [0, 0.05) is 23.1 Å². The lowest BCUT2D eigenvalue weighted by atomic mass is 10.1. The predicted molar refractivity (Wildman–Crippen MR) is 161 cm³/mol. The summed E-state index contributed by atoms with van der Waals surface area (Å²) in [4.78, 5) is 28.4. The van der Waals surface area contributed by atoms with Crippen LogP contribution in [0.15, 0.2) is 71.6 Å². The van der Waals surface area contributed by atoms with Crippen LogP contribution in [0.3, 0.4) is 0 Å². The smallest absolute Gasteiger partial charge is 0.264 e. The number of amides is 2. The van der Waals surface area contributed by atoms with Gasteiger partial charge in [0.05, 0.1) is 10.6 Å². The number of hydrogen-bond donors (Lipinski definition) is 1. The number of carbonyl (C=O) groups is 2. The van der Waals surface area contributed by atoms with E-state index in [0.717, 1.165) is 15.4 Å². The van der Waals surface area contributed by atoms with Crippen LogP contribution >= 0.6 is 23.2 Å². The van der Waals surface area contributed by atoms with Gasteiger partial charge in [0.2, 0.25) is 11.8 Å². The van der Waals surface area contributed by atoms with Gasteiger partial charge in [0.15, 0.2) is 0 Å². The zero-order valence-electron chi connectivity index (χ0n) is 23.3. The molecule has 3 aromatic carbocycles. The number of halogens is 2. The molecule has 3 rings (SSSR count). The fourth-order valence-corrected chi connectivity index (χ4v) is 5.83. The number of nitrogens with zero attached hydrogens (tertiary/aromatic N) is 2. The SMILES string of the molecule is Cc1ccc(N(CC(=O)N(Cc2ccc(Cl)cc2Cl)[C@@H](C)C(=O)NCC(C)C)S(=O)(=O)c2ccc(C)cc2)cc1. The van der Waals surface area contributed by atoms with Crippen molar-refractivity contribution < 1.29 is 18.0 Å². The van der Waals surface area contributed by atoms with E-state index in [1.807, 2.05) is 27.7 Å². The standard InChI is InChI=1S/C30H35Cl2N3O4S/c1-20(2)17-33-30(37)23(5)34(18-24-10-11-25(31)16-28(24)32)29(36)19-35(26-12-6-21(3)7-13-26)40(38,39)27-14-8-22(4)9-15-27/h6-16,20,23H,17-19H2,1-5H3,(H,33,37)/t23-/m0/s1. The topological polar surface area (TPSA) is 86.8 Å². The highest BCUT2D eigenvalue weighted by molar-refractivity contribution is 7.92. The largest absolute Gasteiger partial charge is 0.354 e. The molecule has 7 nitrogen and oxygen atoms in total. The maximum absolute atomic E-state index is 14.0. The highest BCUT2D eigenvalue weighted by atomic mass is 35.5. The molecule has 0 radical (unpaired) electrons. The molecule has 0 aromatic heterocycles. The van der Waals surface area contributed by atoms with Crippen LogP contribution in [0.25, 0.3) is 0 Å². The molecule has 0 saturated heterocycles. The van der Waals surface area contributed by atoms with Crippen LogP contribution in [0.4, 0.5) is 5.69 Å². The lowest BCUT2D eigenvalue weighted by Gasteiger charge is -2.32. The molecular weight excluding hydrogens is 569 g/mol. The zero-order valence-corrected chi connectivity index (χ0v) is 25.6. The van der Waals surface area contributed by atoms with E-state index in [4.69, 9.17) is 23.2 Å². The van der Waals surface area contributed by atoms with Crippen LogP contribution in [0, 0.1) is 19.8 Å². The average molecular weight is 605 g/mol. The minimum absolute atomic E-state index is 0.0165. The van der Waals surface area contributed by atoms with Crippen molar-refractivity contribution in [2.75, 3.05) is 17.4 Å². The molecule has 0 bridgehead atoms. The number of aryl methyl sites for hydroxylation is 2. The molecular formula is C30H35Cl2N3O4S. The van der Waals surface area contributed by atoms with Gasteiger partial charge < -0.3 is 10.2 Å². The van der Waals surface area contributed by atoms with E-state index in [0.29, 0.717) is 27.8 Å². The minimum Gasteiger partial charge on any atom is -0.354 e. The van der Waals surface area contributed by atoms with Gasteiger partial charge in [-0.3, -0.25) is 13.9 Å². The summed E-state index contributed by atoms with van der Waals surface area (Å²) in [6, 6.07) is 17.3. The second kappa shape index (κ2) is 13.5. The molecule has 214 valence electrons. The van der Waals surface area contributed by atoms with Crippen molar-refractivity contribution in [1.29, 1.82) is 0 Å². The molecule has 0 unspecified atom stereocenters. The van der Waals surface area contributed by atoms with Gasteiger partial charge >= 0.3 is 0 Å². The molecule has 2 amide bonds. The molecule has 0 fully saturated rings. The Hall–Kier alpha value is -3.07. The lowest BCUT2D eigenvalue weighted by Crippen LogP contribution is -2.51. The third-order valence-corrected chi connectivity index (χ3v) is 8.79. The number of benzene rings is 3. The van der Waals surface area contributed by atoms with Crippen LogP contribution in [0.1, 0.15) is 37.5 Å². The maximum Gasteiger partial charge on any atom is 0.264 e. The molecule has 0 saturated carbocycles. The van der Waals surface area contributed by atoms with Gasteiger partial charge in [-0.25, -0.2) is 8.42 Å². The number of rotatable bonds is 11. The Morgan fingerprint density at radius 3 is 2.00 bits per heavy atom. The summed E-state index contributed by atoms with van der Waals surface area (Å²) in [7, 11) is -4.12. The second-order valence-corrected chi connectivity index (χ2v) is 12.9. The number of anilines is 1. The third-order valence-electron chi connectivity index (χ3n) is 6.42. The fraction of sp³-hybridized carbons (Fsp3) is 0.333. The van der Waals surface area contributed by atoms with Crippen molar-refractivity contribution in [3.63, 3.8) is 0 Å². The molecule has 0 aliphatic heterocycles. The first-order valence-electron chi connectivity index (χ1n) is 13.0. The molecule has 3 aromatic rings. The Kier molecular flexibility index (Phi) is 10.6. The molecule has 1 N–H and O–H groups in total. The van der Waals surface area contributed by atoms with Gasteiger partial charge in [-0.05, 0) is 68.7 Å². The van der Waals surface area contributed by atoms with E-state index in [9.17, 15) is 18.0 Å². The first kappa shape index (κ1) is 31.5. The van der Waals surface area contributed by atoms with Crippen LogP contribution in [-0.4, -0.2) is 44.3 Å². The van der Waals surface area contributed by atoms with Crippen LogP contribution in [0.2, 0.25) is 10.0 Å². The highest BCUT2D eigenvalue weighted by Crippen LogP contribution is 2.27. The van der Waals surface area contributed by atoms with Gasteiger partial charge in [0.1, 0.15) is 12.6 Å². The maximum atomic E-state index is 14.0. The highest BCUT2D eigenvalue weighted by Gasteiger charge is 2.32. The lowest BCUT2D eigenvalue weighted by molar-refractivity contribution is -0.139. The van der Waals surface area contributed by atoms with Crippen molar-refractivity contribution in [2.24, 2.45) is 5.92 Å². The first-order valence-corrected chi connectivity index (χ1v) is 15.2. The number of carbonyl (C=O) groups excluding carboxylic acids is 2. The molecule has 40 heavy (non-hydrogen) atoms. The number of sulfonamides is 1. The van der Waals surface area contributed by atoms with Crippen molar-refractivity contribution in [3.05, 3.63) is 93.5 Å². The van der Waals surface area contributed by atoms with Crippen LogP contribution in [-0.2, 0) is 26.2 Å². The monoisotopic (exact) mass is 603 g/mol. The van der Waals surface area contributed by atoms with E-state index < -0.39 is 28.5 Å². The minimum atomic E-state index is -4.12. The second-order valence-electron chi connectivity index (χ2n) is 10.2. The first-order chi connectivity index (χ1) is 18.8. The summed E-state index contributed by atoms with van der Waals surface area (Å²) in [6.07, 6.45) is 0. The average Bonchev–Trinajstić information content (AvgIpc) is 2.90. The van der Waals surface area contributed by atoms with Crippen molar-refractivity contribution >= 4 is 50.7 Å². The van der Waals surface area contributed by atoms with E-state index in [1.54, 1.807) is 61.5 Å². The molecule has 0 aliphatic carbocycles. The van der Waals surface area contributed by atoms with E-state index in [-0.39, 0.29) is 23.3 Å². The Balaban J connectivity index is 2.03. The quantitative estimate of drug-likeness (QED) is 0.291. The Labute approximate surface area is 247 Å². The summed E-state index contributed by atoms with van der Waals surface area (Å²) in [5.74, 6) is -0.701. The normalized spacial score (nSPS) is 12.2. The van der Waals surface area contributed by atoms with Crippen molar-refractivity contribution in [2.45, 2.75) is 52.1 Å². The Bertz CT molecular complexity index is 1440. The third kappa shape index (κ3) is 7.99. The predicted octanol–water partition coefficient (Wildman–Crippen LogP) is 6.00. The van der Waals surface area contributed by atoms with Gasteiger partial charge in [-0.1, -0.05) is 78.5 Å². The van der Waals surface area contributed by atoms with Gasteiger partial charge in [-0.2, -0.15) is 0 Å².